The highest BCUT2D eigenvalue weighted by Crippen LogP contribution is 2.30. The molecule has 0 amide bonds. The lowest BCUT2D eigenvalue weighted by Gasteiger charge is -2.36. The first-order valence-electron chi connectivity index (χ1n) is 8.12. The topological polar surface area (TPSA) is 75.9 Å². The second-order valence-electron chi connectivity index (χ2n) is 6.57. The van der Waals surface area contributed by atoms with E-state index in [0.29, 0.717) is 18.4 Å². The van der Waals surface area contributed by atoms with E-state index in [0.717, 1.165) is 25.6 Å². The van der Waals surface area contributed by atoms with E-state index in [1.165, 1.54) is 31.5 Å². The average molecular weight is 339 g/mol. The quantitative estimate of drug-likeness (QED) is 0.856. The second-order valence-corrected chi connectivity index (χ2v) is 8.13. The zero-order valence-electron chi connectivity index (χ0n) is 13.5. The molecule has 2 saturated heterocycles. The summed E-state index contributed by atoms with van der Waals surface area (Å²) in [4.78, 5) is 5.04. The molecule has 3 rings (SSSR count). The molecule has 2 aliphatic rings. The van der Waals surface area contributed by atoms with E-state index in [2.05, 4.69) is 16.8 Å². The number of rotatable bonds is 5. The minimum atomic E-state index is -3.64. The average Bonchev–Trinajstić information content (AvgIpc) is 2.89. The fourth-order valence-electron chi connectivity index (χ4n) is 3.67. The molecule has 1 aromatic carbocycles. The van der Waals surface area contributed by atoms with Crippen LogP contribution < -0.4 is 9.88 Å². The zero-order valence-corrected chi connectivity index (χ0v) is 14.3. The Morgan fingerprint density at radius 2 is 1.91 bits per heavy atom. The molecule has 2 heterocycles. The van der Waals surface area contributed by atoms with Crippen molar-refractivity contribution in [2.75, 3.05) is 39.8 Å². The summed E-state index contributed by atoms with van der Waals surface area (Å²) in [5.41, 5.74) is 0. The van der Waals surface area contributed by atoms with Gasteiger partial charge in [-0.3, -0.25) is 4.90 Å². The Morgan fingerprint density at radius 1 is 1.22 bits per heavy atom. The van der Waals surface area contributed by atoms with Gasteiger partial charge in [-0.05, 0) is 63.2 Å². The van der Waals surface area contributed by atoms with Crippen LogP contribution in [0.1, 0.15) is 12.8 Å². The van der Waals surface area contributed by atoms with E-state index < -0.39 is 10.0 Å². The molecule has 128 valence electrons. The highest BCUT2D eigenvalue weighted by atomic mass is 32.2. The van der Waals surface area contributed by atoms with Gasteiger partial charge >= 0.3 is 0 Å². The van der Waals surface area contributed by atoms with Crippen LogP contribution in [0.4, 0.5) is 0 Å². The molecule has 7 heteroatoms. The number of piperidine rings is 1. The molecule has 2 atom stereocenters. The molecule has 6 nitrogen and oxygen atoms in total. The van der Waals surface area contributed by atoms with E-state index in [1.54, 1.807) is 12.1 Å². The molecular weight excluding hydrogens is 314 g/mol. The van der Waals surface area contributed by atoms with Crippen molar-refractivity contribution in [3.8, 4) is 5.75 Å². The van der Waals surface area contributed by atoms with Gasteiger partial charge in [0.2, 0.25) is 10.0 Å². The number of primary sulfonamides is 1. The third-order valence-electron chi connectivity index (χ3n) is 4.98. The third kappa shape index (κ3) is 4.03. The van der Waals surface area contributed by atoms with Gasteiger partial charge in [0.05, 0.1) is 4.90 Å². The number of hydrogen-bond acceptors (Lipinski definition) is 5. The van der Waals surface area contributed by atoms with Gasteiger partial charge in [0.25, 0.3) is 0 Å². The van der Waals surface area contributed by atoms with Crippen molar-refractivity contribution < 1.29 is 13.2 Å². The maximum Gasteiger partial charge on any atom is 0.238 e. The van der Waals surface area contributed by atoms with Gasteiger partial charge in [-0.15, -0.1) is 0 Å². The van der Waals surface area contributed by atoms with Crippen LogP contribution in [0.2, 0.25) is 0 Å². The van der Waals surface area contributed by atoms with Crippen molar-refractivity contribution in [3.63, 3.8) is 0 Å². The van der Waals surface area contributed by atoms with Crippen molar-refractivity contribution in [1.29, 1.82) is 0 Å². The fourth-order valence-corrected chi connectivity index (χ4v) is 4.19. The van der Waals surface area contributed by atoms with E-state index in [4.69, 9.17) is 9.88 Å². The summed E-state index contributed by atoms with van der Waals surface area (Å²) < 4.78 is 28.2. The smallest absolute Gasteiger partial charge is 0.238 e. The maximum atomic E-state index is 11.2. The number of ether oxygens (including phenoxy) is 1. The number of likely N-dealkylation sites (tertiary alicyclic amines) is 2. The molecule has 0 spiro atoms. The van der Waals surface area contributed by atoms with Gasteiger partial charge in [0, 0.05) is 19.1 Å². The van der Waals surface area contributed by atoms with Gasteiger partial charge in [-0.25, -0.2) is 13.6 Å². The van der Waals surface area contributed by atoms with Gasteiger partial charge in [0.1, 0.15) is 12.4 Å². The molecule has 0 aliphatic carbocycles. The lowest BCUT2D eigenvalue weighted by atomic mass is 9.92. The van der Waals surface area contributed by atoms with Gasteiger partial charge < -0.3 is 9.64 Å². The van der Waals surface area contributed by atoms with E-state index in [1.807, 2.05) is 0 Å². The molecule has 0 aromatic heterocycles. The first-order chi connectivity index (χ1) is 10.9. The fraction of sp³-hybridized carbons (Fsp3) is 0.625. The summed E-state index contributed by atoms with van der Waals surface area (Å²) in [5, 5.41) is 5.08. The Kier molecular flexibility index (Phi) is 4.91. The van der Waals surface area contributed by atoms with Crippen LogP contribution >= 0.6 is 0 Å². The minimum absolute atomic E-state index is 0.109. The van der Waals surface area contributed by atoms with Crippen LogP contribution in [0, 0.1) is 5.92 Å². The number of nitrogens with two attached hydrogens (primary N) is 1. The molecular formula is C16H25N3O3S. The number of fused-ring (bicyclic) bond motifs is 1. The summed E-state index contributed by atoms with van der Waals surface area (Å²) in [6.07, 6.45) is 2.59. The predicted molar refractivity (Wildman–Crippen MR) is 88.9 cm³/mol. The van der Waals surface area contributed by atoms with Crippen LogP contribution in [0.15, 0.2) is 29.2 Å². The Balaban J connectivity index is 1.50. The standard InChI is InChI=1S/C16H25N3O3S/c1-18-8-6-13-7-9-19(16(13)12-18)10-11-22-14-2-4-15(5-3-14)23(17,20)21/h2-5,13,16H,6-12H2,1H3,(H2,17,20,21)/t13-,16+/m0/s1. The predicted octanol–water partition coefficient (Wildman–Crippen LogP) is 0.739. The Bertz CT molecular complexity index is 632. The molecule has 2 N–H and O–H groups in total. The first-order valence-corrected chi connectivity index (χ1v) is 9.66. The molecule has 2 fully saturated rings. The summed E-state index contributed by atoms with van der Waals surface area (Å²) in [6, 6.07) is 6.92. The van der Waals surface area contributed by atoms with E-state index >= 15 is 0 Å². The van der Waals surface area contributed by atoms with Crippen LogP contribution in [0.3, 0.4) is 0 Å². The second kappa shape index (κ2) is 6.76. The van der Waals surface area contributed by atoms with Crippen LogP contribution in [0.25, 0.3) is 0 Å². The number of sulfonamides is 1. The molecule has 1 aromatic rings. The van der Waals surface area contributed by atoms with E-state index in [9.17, 15) is 8.42 Å². The summed E-state index contributed by atoms with van der Waals surface area (Å²) in [6.45, 7) is 5.03. The normalized spacial score (nSPS) is 26.2. The molecule has 0 unspecified atom stereocenters. The Hall–Kier alpha value is -1.15. The van der Waals surface area contributed by atoms with Crippen LogP contribution in [-0.4, -0.2) is 64.1 Å². The maximum absolute atomic E-state index is 11.2. The number of likely N-dealkylation sites (N-methyl/N-ethyl adjacent to an activating group) is 1. The van der Waals surface area contributed by atoms with Crippen LogP contribution in [-0.2, 0) is 10.0 Å². The summed E-state index contributed by atoms with van der Waals surface area (Å²) in [5.74, 6) is 1.51. The van der Waals surface area contributed by atoms with Crippen molar-refractivity contribution in [2.24, 2.45) is 11.1 Å². The lowest BCUT2D eigenvalue weighted by Crippen LogP contribution is -2.47. The van der Waals surface area contributed by atoms with Crippen molar-refractivity contribution in [1.82, 2.24) is 9.80 Å². The highest BCUT2D eigenvalue weighted by molar-refractivity contribution is 7.89. The molecule has 0 saturated carbocycles. The Labute approximate surface area is 138 Å². The van der Waals surface area contributed by atoms with Crippen molar-refractivity contribution in [3.05, 3.63) is 24.3 Å². The highest BCUT2D eigenvalue weighted by Gasteiger charge is 2.36. The monoisotopic (exact) mass is 339 g/mol. The first kappa shape index (κ1) is 16.7. The van der Waals surface area contributed by atoms with Gasteiger partial charge in [0.15, 0.2) is 0 Å². The molecule has 0 radical (unpaired) electrons. The minimum Gasteiger partial charge on any atom is -0.492 e. The van der Waals surface area contributed by atoms with Crippen molar-refractivity contribution >= 4 is 10.0 Å². The molecule has 0 bridgehead atoms. The molecule has 2 aliphatic heterocycles. The summed E-state index contributed by atoms with van der Waals surface area (Å²) in [7, 11) is -1.45. The van der Waals surface area contributed by atoms with Gasteiger partial charge in [-0.2, -0.15) is 0 Å². The van der Waals surface area contributed by atoms with E-state index in [-0.39, 0.29) is 4.90 Å². The van der Waals surface area contributed by atoms with Gasteiger partial charge in [-0.1, -0.05) is 0 Å². The van der Waals surface area contributed by atoms with Crippen LogP contribution in [0.5, 0.6) is 5.75 Å². The Morgan fingerprint density at radius 3 is 2.61 bits per heavy atom. The largest absolute Gasteiger partial charge is 0.492 e. The van der Waals surface area contributed by atoms with Crippen molar-refractivity contribution in [2.45, 2.75) is 23.8 Å². The molecule has 23 heavy (non-hydrogen) atoms. The summed E-state index contributed by atoms with van der Waals surface area (Å²) >= 11 is 0. The lowest BCUT2D eigenvalue weighted by molar-refractivity contribution is 0.110. The SMILES string of the molecule is CN1CC[C@H]2CCN(CCOc3ccc(S(N)(=O)=O)cc3)[C@@H]2C1. The third-order valence-corrected chi connectivity index (χ3v) is 5.91. The zero-order chi connectivity index (χ0) is 16.4. The number of nitrogens with zero attached hydrogens (tertiary/aromatic N) is 2. The number of hydrogen-bond donors (Lipinski definition) is 1. The number of benzene rings is 1.